The fraction of sp³-hybridized carbons (Fsp3) is 0.231. The maximum absolute atomic E-state index is 12.2. The fourth-order valence-electron chi connectivity index (χ4n) is 4.17. The molecule has 1 aliphatic heterocycles. The average molecular weight is 472 g/mol. The highest BCUT2D eigenvalue weighted by Crippen LogP contribution is 2.36. The molecule has 4 aromatic rings. The number of rotatable bonds is 9. The van der Waals surface area contributed by atoms with Crippen LogP contribution in [0.4, 0.5) is 0 Å². The molecule has 9 heteroatoms. The topological polar surface area (TPSA) is 100 Å². The Bertz CT molecular complexity index is 1240. The summed E-state index contributed by atoms with van der Waals surface area (Å²) in [5.41, 5.74) is 2.89. The Morgan fingerprint density at radius 3 is 2.34 bits per heavy atom. The standard InChI is InChI=1S/C26H25N5O4/c1-2-33-23(32)16-27-24(20-13-14-21-22(15-20)35-17-34-21)26-28-29-30-31(26)25(18-9-5-3-6-10-18)19-11-7-4-8-12-19/h3-15,24-25,27H,2,16-17H2,1H3/t24-/m0/s1. The molecule has 0 unspecified atom stereocenters. The van der Waals surface area contributed by atoms with Crippen LogP contribution in [0.15, 0.2) is 78.9 Å². The smallest absolute Gasteiger partial charge is 0.319 e. The molecule has 1 aliphatic rings. The van der Waals surface area contributed by atoms with Crippen LogP contribution in [0.25, 0.3) is 0 Å². The first-order valence-corrected chi connectivity index (χ1v) is 11.4. The van der Waals surface area contributed by atoms with Gasteiger partial charge < -0.3 is 14.2 Å². The van der Waals surface area contributed by atoms with Crippen LogP contribution in [0.5, 0.6) is 11.5 Å². The average Bonchev–Trinajstić information content (AvgIpc) is 3.56. The molecule has 0 bridgehead atoms. The predicted octanol–water partition coefficient (Wildman–Crippen LogP) is 3.28. The minimum atomic E-state index is -0.515. The lowest BCUT2D eigenvalue weighted by atomic mass is 9.98. The predicted molar refractivity (Wildman–Crippen MR) is 127 cm³/mol. The second-order valence-electron chi connectivity index (χ2n) is 7.94. The van der Waals surface area contributed by atoms with Crippen LogP contribution in [-0.4, -0.2) is 46.1 Å². The Morgan fingerprint density at radius 2 is 1.66 bits per heavy atom. The van der Waals surface area contributed by atoms with Gasteiger partial charge in [0.05, 0.1) is 19.2 Å². The van der Waals surface area contributed by atoms with Crippen molar-refractivity contribution in [1.29, 1.82) is 0 Å². The Balaban J connectivity index is 1.58. The van der Waals surface area contributed by atoms with Crippen LogP contribution in [0.2, 0.25) is 0 Å². The number of benzene rings is 3. The Kier molecular flexibility index (Phi) is 6.67. The summed E-state index contributed by atoms with van der Waals surface area (Å²) in [7, 11) is 0. The number of carbonyl (C=O) groups is 1. The van der Waals surface area contributed by atoms with E-state index in [1.807, 2.05) is 78.9 Å². The molecule has 1 N–H and O–H groups in total. The van der Waals surface area contributed by atoms with Gasteiger partial charge in [-0.25, -0.2) is 4.68 Å². The summed E-state index contributed by atoms with van der Waals surface area (Å²) in [6.45, 7) is 2.23. The lowest BCUT2D eigenvalue weighted by Crippen LogP contribution is -2.32. The number of nitrogens with one attached hydrogen (secondary N) is 1. The molecule has 35 heavy (non-hydrogen) atoms. The van der Waals surface area contributed by atoms with E-state index in [0.717, 1.165) is 16.7 Å². The first-order valence-electron chi connectivity index (χ1n) is 11.4. The monoisotopic (exact) mass is 471 g/mol. The van der Waals surface area contributed by atoms with Gasteiger partial charge in [0.2, 0.25) is 6.79 Å². The molecule has 0 saturated carbocycles. The van der Waals surface area contributed by atoms with Gasteiger partial charge in [0, 0.05) is 0 Å². The van der Waals surface area contributed by atoms with E-state index in [0.29, 0.717) is 23.9 Å². The third-order valence-corrected chi connectivity index (χ3v) is 5.74. The first kappa shape index (κ1) is 22.5. The largest absolute Gasteiger partial charge is 0.465 e. The number of ether oxygens (including phenoxy) is 3. The second kappa shape index (κ2) is 10.4. The third kappa shape index (κ3) is 4.85. The second-order valence-corrected chi connectivity index (χ2v) is 7.94. The summed E-state index contributed by atoms with van der Waals surface area (Å²) in [6.07, 6.45) is 0. The van der Waals surface area contributed by atoms with Gasteiger partial charge in [0.25, 0.3) is 0 Å². The number of carbonyl (C=O) groups excluding carboxylic acids is 1. The normalized spacial score (nSPS) is 13.1. The molecule has 3 aromatic carbocycles. The van der Waals surface area contributed by atoms with E-state index in [-0.39, 0.29) is 25.3 Å². The number of aromatic nitrogens is 4. The van der Waals surface area contributed by atoms with Gasteiger partial charge in [-0.2, -0.15) is 0 Å². The van der Waals surface area contributed by atoms with Crippen LogP contribution < -0.4 is 14.8 Å². The summed E-state index contributed by atoms with van der Waals surface area (Å²) in [5.74, 6) is 1.49. The Morgan fingerprint density at radius 1 is 0.971 bits per heavy atom. The zero-order valence-corrected chi connectivity index (χ0v) is 19.2. The molecule has 0 radical (unpaired) electrons. The lowest BCUT2D eigenvalue weighted by molar-refractivity contribution is -0.142. The van der Waals surface area contributed by atoms with Crippen molar-refractivity contribution < 1.29 is 19.0 Å². The van der Waals surface area contributed by atoms with Crippen molar-refractivity contribution >= 4 is 5.97 Å². The van der Waals surface area contributed by atoms with Crippen molar-refractivity contribution in [2.75, 3.05) is 19.9 Å². The number of hydrogen-bond acceptors (Lipinski definition) is 8. The summed E-state index contributed by atoms with van der Waals surface area (Å²) < 4.78 is 18.0. The van der Waals surface area contributed by atoms with Crippen LogP contribution in [0.1, 0.15) is 41.5 Å². The van der Waals surface area contributed by atoms with Crippen LogP contribution in [-0.2, 0) is 9.53 Å². The van der Waals surface area contributed by atoms with E-state index >= 15 is 0 Å². The number of nitrogens with zero attached hydrogens (tertiary/aromatic N) is 4. The maximum Gasteiger partial charge on any atom is 0.319 e. The number of esters is 1. The summed E-state index contributed by atoms with van der Waals surface area (Å²) in [6, 6.07) is 24.9. The zero-order valence-electron chi connectivity index (χ0n) is 19.2. The highest BCUT2D eigenvalue weighted by molar-refractivity contribution is 5.71. The van der Waals surface area contributed by atoms with Gasteiger partial charge in [-0.3, -0.25) is 10.1 Å². The Labute approximate surface area is 202 Å². The quantitative estimate of drug-likeness (QED) is 0.371. The molecule has 1 aromatic heterocycles. The highest BCUT2D eigenvalue weighted by atomic mass is 16.7. The van der Waals surface area contributed by atoms with Crippen molar-refractivity contribution in [3.63, 3.8) is 0 Å². The van der Waals surface area contributed by atoms with Gasteiger partial charge in [-0.05, 0) is 46.2 Å². The van der Waals surface area contributed by atoms with Crippen molar-refractivity contribution in [2.45, 2.75) is 19.0 Å². The molecule has 0 spiro atoms. The molecule has 9 nitrogen and oxygen atoms in total. The first-order chi connectivity index (χ1) is 17.2. The molecule has 2 heterocycles. The number of fused-ring (bicyclic) bond motifs is 1. The van der Waals surface area contributed by atoms with Crippen molar-refractivity contribution in [1.82, 2.24) is 25.5 Å². The molecule has 178 valence electrons. The molecule has 0 amide bonds. The minimum Gasteiger partial charge on any atom is -0.465 e. The summed E-state index contributed by atoms with van der Waals surface area (Å²) >= 11 is 0. The van der Waals surface area contributed by atoms with Crippen molar-refractivity contribution in [2.24, 2.45) is 0 Å². The molecule has 5 rings (SSSR count). The van der Waals surface area contributed by atoms with Gasteiger partial charge in [-0.1, -0.05) is 66.7 Å². The van der Waals surface area contributed by atoms with E-state index in [4.69, 9.17) is 14.2 Å². The number of hydrogen-bond donors (Lipinski definition) is 1. The summed E-state index contributed by atoms with van der Waals surface area (Å²) in [4.78, 5) is 12.2. The van der Waals surface area contributed by atoms with E-state index in [1.54, 1.807) is 11.6 Å². The minimum absolute atomic E-state index is 0.0127. The molecule has 1 atom stereocenters. The fourth-order valence-corrected chi connectivity index (χ4v) is 4.17. The van der Waals surface area contributed by atoms with E-state index in [2.05, 4.69) is 20.8 Å². The molecule has 0 saturated heterocycles. The summed E-state index contributed by atoms with van der Waals surface area (Å²) in [5, 5.41) is 16.1. The van der Waals surface area contributed by atoms with E-state index in [1.165, 1.54) is 0 Å². The van der Waals surface area contributed by atoms with Crippen LogP contribution in [0, 0.1) is 0 Å². The van der Waals surface area contributed by atoms with Gasteiger partial charge in [-0.15, -0.1) is 5.10 Å². The Hall–Kier alpha value is -4.24. The SMILES string of the molecule is CCOC(=O)CN[C@@H](c1ccc2c(c1)OCO2)c1nnnn1C(c1ccccc1)c1ccccc1. The third-order valence-electron chi connectivity index (χ3n) is 5.74. The van der Waals surface area contributed by atoms with Gasteiger partial charge >= 0.3 is 5.97 Å². The maximum atomic E-state index is 12.2. The molecular weight excluding hydrogens is 446 g/mol. The zero-order chi connectivity index (χ0) is 24.0. The van der Waals surface area contributed by atoms with E-state index < -0.39 is 6.04 Å². The van der Waals surface area contributed by atoms with Gasteiger partial charge in [0.15, 0.2) is 17.3 Å². The van der Waals surface area contributed by atoms with E-state index in [9.17, 15) is 4.79 Å². The number of tetrazole rings is 1. The highest BCUT2D eigenvalue weighted by Gasteiger charge is 2.29. The van der Waals surface area contributed by atoms with Crippen molar-refractivity contribution in [3.05, 3.63) is 101 Å². The molecular formula is C26H25N5O4. The van der Waals surface area contributed by atoms with Crippen LogP contribution in [0.3, 0.4) is 0 Å². The van der Waals surface area contributed by atoms with Gasteiger partial charge in [0.1, 0.15) is 6.04 Å². The molecule has 0 aliphatic carbocycles. The molecule has 0 fully saturated rings. The lowest BCUT2D eigenvalue weighted by Gasteiger charge is -2.24. The van der Waals surface area contributed by atoms with Crippen molar-refractivity contribution in [3.8, 4) is 11.5 Å². The van der Waals surface area contributed by atoms with Crippen LogP contribution >= 0.6 is 0 Å².